The summed E-state index contributed by atoms with van der Waals surface area (Å²) in [4.78, 5) is 24.4. The first-order valence-corrected chi connectivity index (χ1v) is 14.3. The van der Waals surface area contributed by atoms with Crippen LogP contribution in [0.1, 0.15) is 65.5 Å². The number of amides is 1. The summed E-state index contributed by atoms with van der Waals surface area (Å²) in [5.74, 6) is 0.533. The zero-order valence-electron chi connectivity index (χ0n) is 23.4. The molecule has 1 saturated heterocycles. The molecule has 37 heavy (non-hydrogen) atoms. The van der Waals surface area contributed by atoms with Gasteiger partial charge in [-0.3, -0.25) is 14.8 Å². The zero-order chi connectivity index (χ0) is 27.2. The van der Waals surface area contributed by atoms with E-state index in [1.807, 2.05) is 64.0 Å². The molecule has 3 rings (SSSR count). The molecule has 1 N–H and O–H groups in total. The highest BCUT2D eigenvalue weighted by atomic mass is 79.9. The zero-order valence-corrected chi connectivity index (χ0v) is 24.9. The Morgan fingerprint density at radius 3 is 2.76 bits per heavy atom. The van der Waals surface area contributed by atoms with Gasteiger partial charge in [0.1, 0.15) is 0 Å². The molecule has 1 aromatic carbocycles. The number of nitrogens with one attached hydrogen (secondary N) is 1. The number of carbonyl (C=O) groups is 1. The third kappa shape index (κ3) is 9.26. The van der Waals surface area contributed by atoms with Crippen molar-refractivity contribution in [2.75, 3.05) is 26.2 Å². The molecule has 0 saturated carbocycles. The molecule has 1 unspecified atom stereocenters. The number of hydrogen-bond acceptors (Lipinski definition) is 4. The summed E-state index contributed by atoms with van der Waals surface area (Å²) < 4.78 is 0.890. The van der Waals surface area contributed by atoms with Crippen LogP contribution < -0.4 is 5.32 Å². The molecule has 1 atom stereocenters. The highest BCUT2D eigenvalue weighted by molar-refractivity contribution is 9.12. The maximum absolute atomic E-state index is 12.8. The summed E-state index contributed by atoms with van der Waals surface area (Å²) in [5, 5.41) is 3.65. The largest absolute Gasteiger partial charge is 0.386 e. The van der Waals surface area contributed by atoms with Gasteiger partial charge in [0.05, 0.1) is 22.4 Å². The monoisotopic (exact) mass is 566 g/mol. The number of benzene rings is 1. The smallest absolute Gasteiger partial charge is 0.249 e. The summed E-state index contributed by atoms with van der Waals surface area (Å²) in [6, 6.07) is 8.44. The molecule has 1 amide bonds. The van der Waals surface area contributed by atoms with E-state index in [9.17, 15) is 4.79 Å². The Morgan fingerprint density at radius 1 is 1.27 bits per heavy atom. The van der Waals surface area contributed by atoms with E-state index in [1.165, 1.54) is 5.56 Å². The normalized spacial score (nSPS) is 23.6. The SMILES string of the molecule is C/C=C\C=C(/C)C(=O)N1CCCC(CN/C2=C/C(c3ccccc3CC)=N\C(C)=C(/Br)C=NC2)C1.CC. The minimum absolute atomic E-state index is 0.135. The molecule has 0 radical (unpaired) electrons. The lowest BCUT2D eigenvalue weighted by Gasteiger charge is -2.33. The van der Waals surface area contributed by atoms with Crippen molar-refractivity contribution in [2.45, 2.75) is 60.8 Å². The molecule has 0 spiro atoms. The molecule has 2 aliphatic rings. The van der Waals surface area contributed by atoms with Crippen LogP contribution in [0.4, 0.5) is 0 Å². The van der Waals surface area contributed by atoms with E-state index in [0.29, 0.717) is 12.5 Å². The summed E-state index contributed by atoms with van der Waals surface area (Å²) in [6.45, 7) is 15.0. The van der Waals surface area contributed by atoms with E-state index in [2.05, 4.69) is 63.5 Å². The molecule has 2 aliphatic heterocycles. The highest BCUT2D eigenvalue weighted by Crippen LogP contribution is 2.20. The number of rotatable bonds is 7. The lowest BCUT2D eigenvalue weighted by Crippen LogP contribution is -2.43. The van der Waals surface area contributed by atoms with Crippen LogP contribution in [-0.4, -0.2) is 48.9 Å². The molecule has 200 valence electrons. The number of carbonyl (C=O) groups excluding carboxylic acids is 1. The van der Waals surface area contributed by atoms with Crippen LogP contribution in [0.2, 0.25) is 0 Å². The molecule has 1 fully saturated rings. The average molecular weight is 568 g/mol. The van der Waals surface area contributed by atoms with Crippen molar-refractivity contribution >= 4 is 33.8 Å². The quantitative estimate of drug-likeness (QED) is 0.285. The molecular formula is C31H43BrN4O. The van der Waals surface area contributed by atoms with Gasteiger partial charge in [0.15, 0.2) is 0 Å². The maximum Gasteiger partial charge on any atom is 0.249 e. The summed E-state index contributed by atoms with van der Waals surface area (Å²) >= 11 is 3.61. The number of nitrogens with zero attached hydrogens (tertiary/aromatic N) is 3. The standard InChI is InChI=1S/C29H37BrN4O.C2H6/c1-5-7-11-21(3)29(35)34-15-10-12-23(20-34)17-32-25-16-28(26-14-9-8-13-24(26)6-2)33-22(4)27(30)19-31-18-25;1-2/h5,7-9,11,13-14,16,19,23,32H,6,10,12,15,17-18,20H2,1-4H3;1-2H3/b7-5-,21-11+,25-16+,27-22-,31-19?,33-28+;. The van der Waals surface area contributed by atoms with Crippen molar-refractivity contribution < 1.29 is 4.79 Å². The Hall–Kier alpha value is -2.73. The number of aryl methyl sites for hydroxylation is 1. The second-order valence-electron chi connectivity index (χ2n) is 9.10. The number of piperidine rings is 1. The van der Waals surface area contributed by atoms with Crippen molar-refractivity contribution in [1.82, 2.24) is 10.2 Å². The molecule has 0 aromatic heterocycles. The van der Waals surface area contributed by atoms with E-state index in [1.54, 1.807) is 0 Å². The second-order valence-corrected chi connectivity index (χ2v) is 9.95. The van der Waals surface area contributed by atoms with Crippen molar-refractivity contribution in [3.63, 3.8) is 0 Å². The number of likely N-dealkylation sites (tertiary alicyclic amines) is 1. The first-order chi connectivity index (χ1) is 17.9. The summed E-state index contributed by atoms with van der Waals surface area (Å²) in [7, 11) is 0. The minimum atomic E-state index is 0.135. The fraction of sp³-hybridized carbons (Fsp3) is 0.452. The van der Waals surface area contributed by atoms with Gasteiger partial charge in [0.25, 0.3) is 0 Å². The summed E-state index contributed by atoms with van der Waals surface area (Å²) in [5.41, 5.74) is 6.08. The first-order valence-electron chi connectivity index (χ1n) is 13.5. The lowest BCUT2D eigenvalue weighted by atomic mass is 9.97. The van der Waals surface area contributed by atoms with E-state index in [-0.39, 0.29) is 5.91 Å². The number of aliphatic imine (C=N–C) groups is 2. The van der Waals surface area contributed by atoms with Crippen LogP contribution in [0, 0.1) is 5.92 Å². The van der Waals surface area contributed by atoms with E-state index >= 15 is 0 Å². The first kappa shape index (κ1) is 30.5. The maximum atomic E-state index is 12.8. The van der Waals surface area contributed by atoms with Gasteiger partial charge in [-0.2, -0.15) is 0 Å². The van der Waals surface area contributed by atoms with Crippen molar-refractivity contribution in [2.24, 2.45) is 15.9 Å². The second kappa shape index (κ2) is 16.2. The summed E-state index contributed by atoms with van der Waals surface area (Å²) in [6.07, 6.45) is 12.8. The van der Waals surface area contributed by atoms with E-state index < -0.39 is 0 Å². The van der Waals surface area contributed by atoms with Gasteiger partial charge in [0, 0.05) is 42.7 Å². The molecule has 0 aliphatic carbocycles. The van der Waals surface area contributed by atoms with E-state index in [4.69, 9.17) is 4.99 Å². The Labute approximate surface area is 232 Å². The fourth-order valence-electron chi connectivity index (χ4n) is 4.37. The van der Waals surface area contributed by atoms with Gasteiger partial charge in [-0.25, -0.2) is 0 Å². The van der Waals surface area contributed by atoms with Crippen LogP contribution in [-0.2, 0) is 11.2 Å². The topological polar surface area (TPSA) is 57.1 Å². The van der Waals surface area contributed by atoms with Gasteiger partial charge in [0.2, 0.25) is 5.91 Å². The predicted molar refractivity (Wildman–Crippen MR) is 163 cm³/mol. The van der Waals surface area contributed by atoms with Crippen LogP contribution in [0.5, 0.6) is 0 Å². The van der Waals surface area contributed by atoms with Crippen molar-refractivity contribution in [1.29, 1.82) is 0 Å². The van der Waals surface area contributed by atoms with Gasteiger partial charge >= 0.3 is 0 Å². The number of halogens is 1. The van der Waals surface area contributed by atoms with Gasteiger partial charge in [-0.1, -0.05) is 63.3 Å². The van der Waals surface area contributed by atoms with Crippen LogP contribution in [0.25, 0.3) is 0 Å². The third-order valence-corrected chi connectivity index (χ3v) is 7.16. The molecule has 0 bridgehead atoms. The Kier molecular flexibility index (Phi) is 13.3. The number of hydrogen-bond donors (Lipinski definition) is 1. The van der Waals surface area contributed by atoms with Gasteiger partial charge in [-0.05, 0) is 73.5 Å². The van der Waals surface area contributed by atoms with Crippen molar-refractivity contribution in [3.8, 4) is 0 Å². The highest BCUT2D eigenvalue weighted by Gasteiger charge is 2.24. The fourth-order valence-corrected chi connectivity index (χ4v) is 4.60. The van der Waals surface area contributed by atoms with Crippen LogP contribution >= 0.6 is 15.9 Å². The molecule has 5 nitrogen and oxygen atoms in total. The Morgan fingerprint density at radius 2 is 2.03 bits per heavy atom. The van der Waals surface area contributed by atoms with Crippen molar-refractivity contribution in [3.05, 3.63) is 81.1 Å². The molecule has 1 aromatic rings. The van der Waals surface area contributed by atoms with E-state index in [0.717, 1.165) is 71.6 Å². The molecule has 2 heterocycles. The molecule has 6 heteroatoms. The van der Waals surface area contributed by atoms with Crippen LogP contribution in [0.15, 0.2) is 80.0 Å². The number of allylic oxidation sites excluding steroid dienone is 6. The minimum Gasteiger partial charge on any atom is -0.386 e. The van der Waals surface area contributed by atoms with Crippen LogP contribution in [0.3, 0.4) is 0 Å². The van der Waals surface area contributed by atoms with Gasteiger partial charge < -0.3 is 10.2 Å². The molecular weight excluding hydrogens is 524 g/mol. The predicted octanol–water partition coefficient (Wildman–Crippen LogP) is 7.01. The van der Waals surface area contributed by atoms with Gasteiger partial charge in [-0.15, -0.1) is 0 Å². The lowest BCUT2D eigenvalue weighted by molar-refractivity contribution is -0.128. The Balaban J connectivity index is 0.00000235. The average Bonchev–Trinajstić information content (AvgIpc) is 3.00. The third-order valence-electron chi connectivity index (χ3n) is 6.39. The Bertz CT molecular complexity index is 1090.